The van der Waals surface area contributed by atoms with Gasteiger partial charge in [-0.25, -0.2) is 0 Å². The molecule has 0 aliphatic heterocycles. The number of hydrogen-bond acceptors (Lipinski definition) is 1. The molecule has 0 saturated carbocycles. The van der Waals surface area contributed by atoms with E-state index < -0.39 is 6.10 Å². The Morgan fingerprint density at radius 3 is 2.44 bits per heavy atom. The van der Waals surface area contributed by atoms with E-state index in [1.807, 2.05) is 24.3 Å². The van der Waals surface area contributed by atoms with E-state index in [9.17, 15) is 5.11 Å². The predicted octanol–water partition coefficient (Wildman–Crippen LogP) is 3.84. The van der Waals surface area contributed by atoms with E-state index in [1.165, 1.54) is 11.1 Å². The van der Waals surface area contributed by atoms with Gasteiger partial charge in [0.25, 0.3) is 0 Å². The van der Waals surface area contributed by atoms with Gasteiger partial charge in [-0.15, -0.1) is 0 Å². The Bertz CT molecular complexity index is 581. The molecule has 2 aromatic rings. The SMILES string of the molecule is Cc1ccc([C@H]2C=Cc3ccccc3C2O)cc1. The van der Waals surface area contributed by atoms with Crippen molar-refractivity contribution >= 4 is 6.08 Å². The number of aliphatic hydroxyl groups is 1. The molecule has 1 nitrogen and oxygen atoms in total. The summed E-state index contributed by atoms with van der Waals surface area (Å²) in [5.74, 6) is 0.0560. The van der Waals surface area contributed by atoms with Crippen LogP contribution in [0.15, 0.2) is 54.6 Å². The second-order valence-corrected chi connectivity index (χ2v) is 4.87. The summed E-state index contributed by atoms with van der Waals surface area (Å²) in [6, 6.07) is 16.4. The molecule has 0 radical (unpaired) electrons. The molecular formula is C17H16O. The first-order valence-electron chi connectivity index (χ1n) is 6.27. The largest absolute Gasteiger partial charge is 0.387 e. The van der Waals surface area contributed by atoms with Gasteiger partial charge in [0.1, 0.15) is 0 Å². The molecule has 0 fully saturated rings. The van der Waals surface area contributed by atoms with Gasteiger partial charge in [0.2, 0.25) is 0 Å². The number of hydrogen-bond donors (Lipinski definition) is 1. The van der Waals surface area contributed by atoms with Gasteiger partial charge < -0.3 is 5.11 Å². The minimum atomic E-state index is -0.450. The summed E-state index contributed by atoms with van der Waals surface area (Å²) in [6.07, 6.45) is 3.75. The summed E-state index contributed by atoms with van der Waals surface area (Å²) >= 11 is 0. The highest BCUT2D eigenvalue weighted by Gasteiger charge is 2.24. The first-order valence-corrected chi connectivity index (χ1v) is 6.27. The van der Waals surface area contributed by atoms with Crippen molar-refractivity contribution in [3.63, 3.8) is 0 Å². The number of fused-ring (bicyclic) bond motifs is 1. The molecule has 0 aromatic heterocycles. The van der Waals surface area contributed by atoms with Gasteiger partial charge in [-0.3, -0.25) is 0 Å². The van der Waals surface area contributed by atoms with Crippen molar-refractivity contribution in [1.29, 1.82) is 0 Å². The van der Waals surface area contributed by atoms with E-state index in [1.54, 1.807) is 0 Å². The van der Waals surface area contributed by atoms with Crippen molar-refractivity contribution < 1.29 is 5.11 Å². The van der Waals surface area contributed by atoms with Crippen LogP contribution in [0.1, 0.15) is 34.3 Å². The Hall–Kier alpha value is -1.86. The summed E-state index contributed by atoms with van der Waals surface area (Å²) < 4.78 is 0. The van der Waals surface area contributed by atoms with Gasteiger partial charge in [-0.1, -0.05) is 66.2 Å². The quantitative estimate of drug-likeness (QED) is 0.797. The van der Waals surface area contributed by atoms with Gasteiger partial charge in [0, 0.05) is 5.92 Å². The van der Waals surface area contributed by atoms with Crippen LogP contribution in [0.2, 0.25) is 0 Å². The van der Waals surface area contributed by atoms with E-state index in [-0.39, 0.29) is 5.92 Å². The van der Waals surface area contributed by atoms with Gasteiger partial charge in [0.15, 0.2) is 0 Å². The minimum absolute atomic E-state index is 0.0560. The molecule has 0 amide bonds. The lowest BCUT2D eigenvalue weighted by molar-refractivity contribution is 0.160. The molecule has 3 rings (SSSR count). The lowest BCUT2D eigenvalue weighted by Crippen LogP contribution is -2.13. The van der Waals surface area contributed by atoms with Gasteiger partial charge in [0.05, 0.1) is 6.10 Å². The van der Waals surface area contributed by atoms with Gasteiger partial charge >= 0.3 is 0 Å². The van der Waals surface area contributed by atoms with Crippen LogP contribution in [0, 0.1) is 6.92 Å². The zero-order valence-electron chi connectivity index (χ0n) is 10.4. The molecule has 1 N–H and O–H groups in total. The van der Waals surface area contributed by atoms with Crippen molar-refractivity contribution in [3.8, 4) is 0 Å². The fraction of sp³-hybridized carbons (Fsp3) is 0.176. The van der Waals surface area contributed by atoms with E-state index >= 15 is 0 Å². The number of aryl methyl sites for hydroxylation is 1. The number of rotatable bonds is 1. The number of benzene rings is 2. The Morgan fingerprint density at radius 1 is 0.944 bits per heavy atom. The van der Waals surface area contributed by atoms with Crippen LogP contribution in [0.25, 0.3) is 6.08 Å². The normalized spacial score (nSPS) is 21.7. The second kappa shape index (κ2) is 4.43. The molecule has 1 aliphatic carbocycles. The fourth-order valence-corrected chi connectivity index (χ4v) is 2.52. The molecule has 2 aromatic carbocycles. The average Bonchev–Trinajstić information content (AvgIpc) is 2.41. The van der Waals surface area contributed by atoms with Crippen LogP contribution in [-0.4, -0.2) is 5.11 Å². The van der Waals surface area contributed by atoms with E-state index in [2.05, 4.69) is 43.3 Å². The highest BCUT2D eigenvalue weighted by Crippen LogP contribution is 2.38. The molecule has 18 heavy (non-hydrogen) atoms. The van der Waals surface area contributed by atoms with Crippen molar-refractivity contribution in [3.05, 3.63) is 76.9 Å². The highest BCUT2D eigenvalue weighted by atomic mass is 16.3. The van der Waals surface area contributed by atoms with Crippen LogP contribution in [0.3, 0.4) is 0 Å². The van der Waals surface area contributed by atoms with Crippen molar-refractivity contribution in [1.82, 2.24) is 0 Å². The van der Waals surface area contributed by atoms with Crippen molar-refractivity contribution in [2.45, 2.75) is 18.9 Å². The molecule has 0 saturated heterocycles. The van der Waals surface area contributed by atoms with Crippen molar-refractivity contribution in [2.75, 3.05) is 0 Å². The average molecular weight is 236 g/mol. The standard InChI is InChI=1S/C17H16O/c1-12-6-8-14(9-7-12)16-11-10-13-4-2-3-5-15(13)17(16)18/h2-11,16-18H,1H3/t16-,17?/m1/s1. The Balaban J connectivity index is 2.00. The monoisotopic (exact) mass is 236 g/mol. The van der Waals surface area contributed by atoms with Crippen LogP contribution in [0.4, 0.5) is 0 Å². The smallest absolute Gasteiger partial charge is 0.0899 e. The Kier molecular flexibility index (Phi) is 2.77. The molecule has 1 heteroatoms. The predicted molar refractivity (Wildman–Crippen MR) is 74.4 cm³/mol. The third kappa shape index (κ3) is 1.87. The van der Waals surface area contributed by atoms with Crippen LogP contribution < -0.4 is 0 Å². The highest BCUT2D eigenvalue weighted by molar-refractivity contribution is 5.59. The fourth-order valence-electron chi connectivity index (χ4n) is 2.52. The molecule has 0 spiro atoms. The summed E-state index contributed by atoms with van der Waals surface area (Å²) in [5, 5.41) is 10.5. The number of aliphatic hydroxyl groups excluding tert-OH is 1. The first kappa shape index (κ1) is 11.2. The first-order chi connectivity index (χ1) is 8.75. The summed E-state index contributed by atoms with van der Waals surface area (Å²) in [5.41, 5.74) is 4.55. The van der Waals surface area contributed by atoms with Gasteiger partial charge in [-0.2, -0.15) is 0 Å². The van der Waals surface area contributed by atoms with E-state index in [0.29, 0.717) is 0 Å². The van der Waals surface area contributed by atoms with E-state index in [4.69, 9.17) is 0 Å². The van der Waals surface area contributed by atoms with Crippen LogP contribution in [0.5, 0.6) is 0 Å². The summed E-state index contributed by atoms with van der Waals surface area (Å²) in [4.78, 5) is 0. The lowest BCUT2D eigenvalue weighted by Gasteiger charge is -2.26. The maximum absolute atomic E-state index is 10.5. The minimum Gasteiger partial charge on any atom is -0.387 e. The summed E-state index contributed by atoms with van der Waals surface area (Å²) in [6.45, 7) is 2.08. The molecule has 2 atom stereocenters. The molecule has 90 valence electrons. The second-order valence-electron chi connectivity index (χ2n) is 4.87. The Morgan fingerprint density at radius 2 is 1.67 bits per heavy atom. The lowest BCUT2D eigenvalue weighted by atomic mass is 9.82. The summed E-state index contributed by atoms with van der Waals surface area (Å²) in [7, 11) is 0. The maximum atomic E-state index is 10.5. The topological polar surface area (TPSA) is 20.2 Å². The molecular weight excluding hydrogens is 220 g/mol. The molecule has 1 aliphatic rings. The van der Waals surface area contributed by atoms with Crippen molar-refractivity contribution in [2.24, 2.45) is 0 Å². The third-order valence-electron chi connectivity index (χ3n) is 3.60. The molecule has 0 heterocycles. The zero-order chi connectivity index (χ0) is 12.5. The maximum Gasteiger partial charge on any atom is 0.0899 e. The van der Waals surface area contributed by atoms with Gasteiger partial charge in [-0.05, 0) is 23.6 Å². The Labute approximate surface area is 107 Å². The molecule has 0 bridgehead atoms. The zero-order valence-corrected chi connectivity index (χ0v) is 10.4. The van der Waals surface area contributed by atoms with Crippen LogP contribution in [-0.2, 0) is 0 Å². The third-order valence-corrected chi connectivity index (χ3v) is 3.60. The molecule has 1 unspecified atom stereocenters. The van der Waals surface area contributed by atoms with Crippen LogP contribution >= 0.6 is 0 Å². The van der Waals surface area contributed by atoms with E-state index in [0.717, 1.165) is 11.1 Å².